The number of allylic oxidation sites excluding steroid dienone is 8. The molecule has 2 spiro atoms. The molecule has 0 aromatic heterocycles. The average molecular weight is 1040 g/mol. The molecule has 2 N–H and O–H groups in total. The lowest BCUT2D eigenvalue weighted by Gasteiger charge is -2.46. The van der Waals surface area contributed by atoms with Gasteiger partial charge in [-0.15, -0.1) is 0 Å². The van der Waals surface area contributed by atoms with E-state index in [2.05, 4.69) is 0 Å². The molecule has 2 saturated heterocycles. The van der Waals surface area contributed by atoms with Gasteiger partial charge in [-0.1, -0.05) is 109 Å². The van der Waals surface area contributed by atoms with Gasteiger partial charge in [0.1, 0.15) is 22.3 Å². The minimum absolute atomic E-state index is 0.000757. The molecule has 4 aromatic carbocycles. The van der Waals surface area contributed by atoms with Crippen LogP contribution in [0.1, 0.15) is 25.7 Å². The highest BCUT2D eigenvalue weighted by molar-refractivity contribution is 7.96. The van der Waals surface area contributed by atoms with Crippen molar-refractivity contribution < 1.29 is 74.8 Å². The van der Waals surface area contributed by atoms with Crippen molar-refractivity contribution in [1.29, 1.82) is 0 Å². The van der Waals surface area contributed by atoms with Crippen molar-refractivity contribution in [2.45, 2.75) is 37.3 Å². The fraction of sp³-hybridized carbons (Fsp3) is 0.115. The quantitative estimate of drug-likeness (QED) is 0.0757. The third kappa shape index (κ3) is 9.25. The van der Waals surface area contributed by atoms with Gasteiger partial charge in [-0.3, -0.25) is 19.2 Å². The van der Waals surface area contributed by atoms with Crippen LogP contribution in [0.3, 0.4) is 0 Å². The van der Waals surface area contributed by atoms with Crippen molar-refractivity contribution in [2.24, 2.45) is 0 Å². The molecule has 20 nitrogen and oxygen atoms in total. The molecule has 4 aromatic rings. The fourth-order valence-electron chi connectivity index (χ4n) is 8.30. The van der Waals surface area contributed by atoms with E-state index in [0.29, 0.717) is 17.2 Å². The maximum absolute atomic E-state index is 13.7. The molecule has 5 aliphatic rings. The first-order valence-corrected chi connectivity index (χ1v) is 25.2. The maximum atomic E-state index is 13.7. The zero-order chi connectivity index (χ0) is 52.4. The Morgan fingerprint density at radius 1 is 0.392 bits per heavy atom. The van der Waals surface area contributed by atoms with E-state index < -0.39 is 102 Å². The number of carbonyl (C=O) groups excluding carboxylic acids is 6. The number of para-hydroxylation sites is 4. The molecule has 376 valence electrons. The molecule has 0 atom stereocenters. The summed E-state index contributed by atoms with van der Waals surface area (Å²) >= 11 is 0. The number of hydrogen-bond acceptors (Lipinski definition) is 16. The molecule has 0 unspecified atom stereocenters. The normalized spacial score (nSPS) is 20.5. The molecular weight excluding hydrogens is 1000 g/mol. The van der Waals surface area contributed by atoms with Crippen LogP contribution in [0.4, 0.5) is 22.7 Å². The van der Waals surface area contributed by atoms with Crippen LogP contribution in [-0.2, 0) is 68.1 Å². The van der Waals surface area contributed by atoms with Crippen molar-refractivity contribution in [3.05, 3.63) is 216 Å². The van der Waals surface area contributed by atoms with Gasteiger partial charge in [-0.25, -0.2) is 9.59 Å². The summed E-state index contributed by atoms with van der Waals surface area (Å²) in [6.45, 7) is 0. The van der Waals surface area contributed by atoms with Crippen LogP contribution >= 0.6 is 0 Å². The average Bonchev–Trinajstić information content (AvgIpc) is 3.37. The summed E-state index contributed by atoms with van der Waals surface area (Å²) in [4.78, 5) is 80.9. The van der Waals surface area contributed by atoms with Crippen LogP contribution in [0, 0.1) is 0 Å². The van der Waals surface area contributed by atoms with Crippen LogP contribution in [0.25, 0.3) is 0 Å². The second-order valence-electron chi connectivity index (χ2n) is 16.5. The fourth-order valence-corrected chi connectivity index (χ4v) is 11.4. The number of carbonyl (C=O) groups is 6. The molecule has 4 heterocycles. The lowest BCUT2D eigenvalue weighted by Crippen LogP contribution is -2.57. The van der Waals surface area contributed by atoms with Crippen LogP contribution < -0.4 is 17.2 Å². The summed E-state index contributed by atoms with van der Waals surface area (Å²) in [5, 5.41) is 21.7. The number of benzene rings is 4. The first-order valence-electron chi connectivity index (χ1n) is 22.4. The zero-order valence-corrected chi connectivity index (χ0v) is 40.0. The van der Waals surface area contributed by atoms with Gasteiger partial charge in [-0.05, 0) is 72.8 Å². The summed E-state index contributed by atoms with van der Waals surface area (Å²) in [6, 6.07) is 30.0. The standard InChI is InChI=1S/C52H40N4O16S2/c57-43-39(44(58)54(36-21-9-2-10-22-36)73(65,66)53(43)35-19-7-1-8-20-35)27-15-5-17-29-41-47(61)69-51(70-48(41)62)31-33-52(34-32-51)71-49(63)42(50(64)72-52)30-18-6-16-28-40-45(59)55(37-23-11-3-12-24-37)74(67,68)56(46(40)60)38-25-13-4-14-26-38/h1-30,61,63H,31-34H2/b15-5+,16-6+,29-17+,30-18+. The van der Waals surface area contributed by atoms with Gasteiger partial charge < -0.3 is 29.2 Å². The predicted molar refractivity (Wildman–Crippen MR) is 264 cm³/mol. The van der Waals surface area contributed by atoms with Gasteiger partial charge in [0.05, 0.1) is 22.7 Å². The van der Waals surface area contributed by atoms with E-state index in [1.807, 2.05) is 0 Å². The number of anilines is 4. The van der Waals surface area contributed by atoms with Gasteiger partial charge in [-0.2, -0.15) is 34.1 Å². The van der Waals surface area contributed by atoms with Crippen molar-refractivity contribution >= 4 is 78.7 Å². The number of hydrogen-bond donors (Lipinski definition) is 2. The van der Waals surface area contributed by atoms with Crippen molar-refractivity contribution in [1.82, 2.24) is 0 Å². The Bertz CT molecular complexity index is 3100. The monoisotopic (exact) mass is 1040 g/mol. The minimum atomic E-state index is -4.70. The third-order valence-corrected chi connectivity index (χ3v) is 15.2. The van der Waals surface area contributed by atoms with Gasteiger partial charge in [0, 0.05) is 25.7 Å². The first-order chi connectivity index (χ1) is 35.5. The number of esters is 2. The van der Waals surface area contributed by atoms with E-state index in [9.17, 15) is 55.8 Å². The highest BCUT2D eigenvalue weighted by Gasteiger charge is 2.55. The third-order valence-electron chi connectivity index (χ3n) is 11.8. The number of aliphatic hydroxyl groups is 2. The van der Waals surface area contributed by atoms with Crippen molar-refractivity contribution in [3.63, 3.8) is 0 Å². The van der Waals surface area contributed by atoms with E-state index in [-0.39, 0.29) is 48.4 Å². The zero-order valence-electron chi connectivity index (χ0n) is 38.4. The summed E-state index contributed by atoms with van der Waals surface area (Å²) < 4.78 is 79.5. The second kappa shape index (κ2) is 19.7. The number of nitrogens with zero attached hydrogens (tertiary/aromatic N) is 4. The Kier molecular flexibility index (Phi) is 13.2. The predicted octanol–water partition coefficient (Wildman–Crippen LogP) is 6.37. The summed E-state index contributed by atoms with van der Waals surface area (Å²) in [5.74, 6) is -11.4. The summed E-state index contributed by atoms with van der Waals surface area (Å²) in [5.41, 5.74) is -1.78. The topological polar surface area (TPSA) is 261 Å². The Morgan fingerprint density at radius 3 is 0.919 bits per heavy atom. The molecule has 4 aliphatic heterocycles. The molecule has 4 amide bonds. The van der Waals surface area contributed by atoms with E-state index in [4.69, 9.17) is 18.9 Å². The number of amides is 4. The van der Waals surface area contributed by atoms with Crippen molar-refractivity contribution in [3.8, 4) is 0 Å². The molecule has 1 aliphatic carbocycles. The second-order valence-corrected chi connectivity index (χ2v) is 19.8. The van der Waals surface area contributed by atoms with Gasteiger partial charge in [0.15, 0.2) is 0 Å². The molecule has 0 bridgehead atoms. The summed E-state index contributed by atoms with van der Waals surface area (Å²) in [6.07, 6.45) is 11.5. The Labute approximate surface area is 422 Å². The molecule has 22 heteroatoms. The maximum Gasteiger partial charge on any atom is 0.348 e. The number of rotatable bonds is 10. The Hall–Kier alpha value is -9.28. The number of aliphatic hydroxyl groups excluding tert-OH is 2. The number of ether oxygens (including phenoxy) is 4. The van der Waals surface area contributed by atoms with E-state index in [1.165, 1.54) is 134 Å². The molecule has 1 saturated carbocycles. The molecule has 74 heavy (non-hydrogen) atoms. The molecule has 9 rings (SSSR count). The van der Waals surface area contributed by atoms with Crippen LogP contribution in [-0.4, -0.2) is 74.2 Å². The van der Waals surface area contributed by atoms with Crippen LogP contribution in [0.2, 0.25) is 0 Å². The lowest BCUT2D eigenvalue weighted by molar-refractivity contribution is -0.302. The Balaban J connectivity index is 0.845. The van der Waals surface area contributed by atoms with E-state index in [1.54, 1.807) is 24.3 Å². The van der Waals surface area contributed by atoms with Gasteiger partial charge >= 0.3 is 32.4 Å². The Morgan fingerprint density at radius 2 is 0.662 bits per heavy atom. The highest BCUT2D eigenvalue weighted by atomic mass is 32.2. The molecule has 3 fully saturated rings. The van der Waals surface area contributed by atoms with Gasteiger partial charge in [0.2, 0.25) is 0 Å². The van der Waals surface area contributed by atoms with Gasteiger partial charge in [0.25, 0.3) is 47.1 Å². The summed E-state index contributed by atoms with van der Waals surface area (Å²) in [7, 11) is -9.41. The van der Waals surface area contributed by atoms with Crippen LogP contribution in [0.15, 0.2) is 216 Å². The smallest absolute Gasteiger partial charge is 0.348 e. The first kappa shape index (κ1) is 49.7. The molecule has 0 radical (unpaired) electrons. The highest BCUT2D eigenvalue weighted by Crippen LogP contribution is 2.46. The van der Waals surface area contributed by atoms with E-state index >= 15 is 0 Å². The van der Waals surface area contributed by atoms with Crippen LogP contribution in [0.5, 0.6) is 0 Å². The largest absolute Gasteiger partial charge is 0.480 e. The minimum Gasteiger partial charge on any atom is -0.480 e. The molecular formula is C52H40N4O16S2. The van der Waals surface area contributed by atoms with Crippen molar-refractivity contribution in [2.75, 3.05) is 17.2 Å². The lowest BCUT2D eigenvalue weighted by atomic mass is 9.87. The van der Waals surface area contributed by atoms with E-state index in [0.717, 1.165) is 24.3 Å². The SMILES string of the molecule is O=C1OC2(CCC3(CC2)OC(=O)C(/C=C/C=C/C=C2C(=O)N(c4ccccc4)S(=O)(=O)N(c4ccccc4)C2=O)=C(O)O3)OC(O)=C1/C=C/C=C/C=C1C(=O)N(c2ccccc2)S(=O)(=O)N(c2ccccc2)C1=O.